The molecule has 0 radical (unpaired) electrons. The summed E-state index contributed by atoms with van der Waals surface area (Å²) in [5.41, 5.74) is 1.29. The Labute approximate surface area is 113 Å². The van der Waals surface area contributed by atoms with Gasteiger partial charge in [0.1, 0.15) is 12.2 Å². The fourth-order valence-electron chi connectivity index (χ4n) is 1.77. The molecule has 1 aromatic rings. The maximum absolute atomic E-state index is 12.0. The van der Waals surface area contributed by atoms with E-state index in [1.165, 1.54) is 7.11 Å². The molecule has 1 aromatic carbocycles. The molecule has 0 bridgehead atoms. The normalized spacial score (nSPS) is 11.0. The molecule has 0 amide bonds. The highest BCUT2D eigenvalue weighted by Crippen LogP contribution is 2.32. The number of methoxy groups -OCH3 is 2. The standard InChI is InChI=1S/C15H20O4/c1-15(2,3)11-8-10(6-7-13(11)18-4)12(16)9-14(17)19-5/h6-8H,9H2,1-5H3. The lowest BCUT2D eigenvalue weighted by Gasteiger charge is -2.22. The molecular formula is C15H20O4. The molecule has 0 spiro atoms. The van der Waals surface area contributed by atoms with Crippen LogP contribution in [0.15, 0.2) is 18.2 Å². The van der Waals surface area contributed by atoms with Crippen LogP contribution in [0.1, 0.15) is 43.1 Å². The number of carbonyl (C=O) groups excluding carboxylic acids is 2. The largest absolute Gasteiger partial charge is 0.496 e. The minimum absolute atomic E-state index is 0.146. The van der Waals surface area contributed by atoms with Gasteiger partial charge in [-0.3, -0.25) is 9.59 Å². The average molecular weight is 264 g/mol. The summed E-state index contributed by atoms with van der Waals surface area (Å²) in [7, 11) is 2.87. The molecule has 19 heavy (non-hydrogen) atoms. The van der Waals surface area contributed by atoms with Crippen LogP contribution in [0.3, 0.4) is 0 Å². The minimum atomic E-state index is -0.530. The first-order valence-electron chi connectivity index (χ1n) is 6.08. The van der Waals surface area contributed by atoms with Gasteiger partial charge in [0, 0.05) is 11.1 Å². The van der Waals surface area contributed by atoms with Crippen LogP contribution in [-0.2, 0) is 14.9 Å². The lowest BCUT2D eigenvalue weighted by molar-refractivity contribution is -0.139. The van der Waals surface area contributed by atoms with Gasteiger partial charge in [-0.15, -0.1) is 0 Å². The maximum Gasteiger partial charge on any atom is 0.313 e. The van der Waals surface area contributed by atoms with Gasteiger partial charge >= 0.3 is 5.97 Å². The molecule has 4 nitrogen and oxygen atoms in total. The summed E-state index contributed by atoms with van der Waals surface area (Å²) in [6.07, 6.45) is -0.244. The molecular weight excluding hydrogens is 244 g/mol. The van der Waals surface area contributed by atoms with E-state index >= 15 is 0 Å². The van der Waals surface area contributed by atoms with E-state index in [1.807, 2.05) is 20.8 Å². The number of benzene rings is 1. The summed E-state index contributed by atoms with van der Waals surface area (Å²) < 4.78 is 9.81. The second kappa shape index (κ2) is 5.87. The van der Waals surface area contributed by atoms with Gasteiger partial charge in [0.05, 0.1) is 14.2 Å². The van der Waals surface area contributed by atoms with Crippen molar-refractivity contribution in [1.29, 1.82) is 0 Å². The van der Waals surface area contributed by atoms with E-state index in [-0.39, 0.29) is 17.6 Å². The Morgan fingerprint density at radius 1 is 1.16 bits per heavy atom. The number of ether oxygens (including phenoxy) is 2. The number of hydrogen-bond donors (Lipinski definition) is 0. The molecule has 0 saturated heterocycles. The van der Waals surface area contributed by atoms with Crippen molar-refractivity contribution < 1.29 is 19.1 Å². The van der Waals surface area contributed by atoms with E-state index < -0.39 is 5.97 Å². The van der Waals surface area contributed by atoms with E-state index in [0.717, 1.165) is 11.3 Å². The Hall–Kier alpha value is -1.84. The zero-order valence-electron chi connectivity index (χ0n) is 12.1. The van der Waals surface area contributed by atoms with Gasteiger partial charge in [-0.1, -0.05) is 20.8 Å². The second-order valence-electron chi connectivity index (χ2n) is 5.34. The summed E-state index contributed by atoms with van der Waals surface area (Å²) >= 11 is 0. The van der Waals surface area contributed by atoms with Gasteiger partial charge in [-0.2, -0.15) is 0 Å². The van der Waals surface area contributed by atoms with Crippen LogP contribution in [0, 0.1) is 0 Å². The van der Waals surface area contributed by atoms with E-state index in [0.29, 0.717) is 5.56 Å². The van der Waals surface area contributed by atoms with E-state index in [9.17, 15) is 9.59 Å². The maximum atomic E-state index is 12.0. The number of hydrogen-bond acceptors (Lipinski definition) is 4. The SMILES string of the molecule is COC(=O)CC(=O)c1ccc(OC)c(C(C)(C)C)c1. The van der Waals surface area contributed by atoms with Crippen LogP contribution in [0.5, 0.6) is 5.75 Å². The third-order valence-corrected chi connectivity index (χ3v) is 2.86. The van der Waals surface area contributed by atoms with Crippen LogP contribution >= 0.6 is 0 Å². The van der Waals surface area contributed by atoms with Crippen molar-refractivity contribution in [2.75, 3.05) is 14.2 Å². The van der Waals surface area contributed by atoms with Crippen molar-refractivity contribution in [3.8, 4) is 5.75 Å². The van der Waals surface area contributed by atoms with Crippen molar-refractivity contribution in [2.45, 2.75) is 32.6 Å². The Balaban J connectivity index is 3.12. The molecule has 1 rings (SSSR count). The highest BCUT2D eigenvalue weighted by Gasteiger charge is 2.21. The van der Waals surface area contributed by atoms with Crippen molar-refractivity contribution in [1.82, 2.24) is 0 Å². The first-order chi connectivity index (χ1) is 8.79. The number of carbonyl (C=O) groups is 2. The molecule has 0 aliphatic rings. The molecule has 0 N–H and O–H groups in total. The number of rotatable bonds is 4. The predicted molar refractivity (Wildman–Crippen MR) is 72.7 cm³/mol. The molecule has 0 heterocycles. The van der Waals surface area contributed by atoms with Crippen LogP contribution in [0.2, 0.25) is 0 Å². The monoisotopic (exact) mass is 264 g/mol. The molecule has 0 aliphatic heterocycles. The highest BCUT2D eigenvalue weighted by molar-refractivity contribution is 6.06. The van der Waals surface area contributed by atoms with Crippen molar-refractivity contribution in [2.24, 2.45) is 0 Å². The topological polar surface area (TPSA) is 52.6 Å². The highest BCUT2D eigenvalue weighted by atomic mass is 16.5. The summed E-state index contributed by atoms with van der Waals surface area (Å²) in [5.74, 6) is -0.0414. The van der Waals surface area contributed by atoms with Gasteiger partial charge < -0.3 is 9.47 Å². The Morgan fingerprint density at radius 2 is 1.79 bits per heavy atom. The number of esters is 1. The van der Waals surface area contributed by atoms with Crippen molar-refractivity contribution in [3.05, 3.63) is 29.3 Å². The summed E-state index contributed by atoms with van der Waals surface area (Å²) in [6, 6.07) is 5.20. The predicted octanol–water partition coefficient (Wildman–Crippen LogP) is 2.74. The van der Waals surface area contributed by atoms with Gasteiger partial charge in [-0.05, 0) is 23.6 Å². The van der Waals surface area contributed by atoms with Crippen LogP contribution < -0.4 is 4.74 Å². The molecule has 0 fully saturated rings. The molecule has 4 heteroatoms. The van der Waals surface area contributed by atoms with Gasteiger partial charge in [0.15, 0.2) is 5.78 Å². The van der Waals surface area contributed by atoms with E-state index in [1.54, 1.807) is 25.3 Å². The molecule has 104 valence electrons. The van der Waals surface area contributed by atoms with Gasteiger partial charge in [0.2, 0.25) is 0 Å². The Bertz CT molecular complexity index is 483. The Kier molecular flexibility index (Phi) is 4.70. The quantitative estimate of drug-likeness (QED) is 0.476. The zero-order valence-corrected chi connectivity index (χ0v) is 12.1. The van der Waals surface area contributed by atoms with Crippen LogP contribution in [-0.4, -0.2) is 26.0 Å². The van der Waals surface area contributed by atoms with Crippen LogP contribution in [0.25, 0.3) is 0 Å². The van der Waals surface area contributed by atoms with Crippen molar-refractivity contribution >= 4 is 11.8 Å². The minimum Gasteiger partial charge on any atom is -0.496 e. The first-order valence-corrected chi connectivity index (χ1v) is 6.08. The van der Waals surface area contributed by atoms with Gasteiger partial charge in [0.25, 0.3) is 0 Å². The van der Waals surface area contributed by atoms with Gasteiger partial charge in [-0.25, -0.2) is 0 Å². The fourth-order valence-corrected chi connectivity index (χ4v) is 1.77. The lowest BCUT2D eigenvalue weighted by Crippen LogP contribution is -2.15. The molecule has 0 saturated carbocycles. The zero-order chi connectivity index (χ0) is 14.6. The molecule has 0 atom stereocenters. The van der Waals surface area contributed by atoms with Crippen molar-refractivity contribution in [3.63, 3.8) is 0 Å². The summed E-state index contributed by atoms with van der Waals surface area (Å²) in [6.45, 7) is 6.12. The molecule has 0 unspecified atom stereocenters. The Morgan fingerprint density at radius 3 is 2.26 bits per heavy atom. The second-order valence-corrected chi connectivity index (χ2v) is 5.34. The van der Waals surface area contributed by atoms with E-state index in [2.05, 4.69) is 4.74 Å². The fraction of sp³-hybridized carbons (Fsp3) is 0.467. The average Bonchev–Trinajstić information content (AvgIpc) is 2.36. The smallest absolute Gasteiger partial charge is 0.313 e. The first kappa shape index (κ1) is 15.2. The lowest BCUT2D eigenvalue weighted by atomic mass is 9.85. The van der Waals surface area contributed by atoms with Crippen LogP contribution in [0.4, 0.5) is 0 Å². The molecule has 0 aromatic heterocycles. The third-order valence-electron chi connectivity index (χ3n) is 2.86. The van der Waals surface area contributed by atoms with E-state index in [4.69, 9.17) is 4.74 Å². The molecule has 0 aliphatic carbocycles. The third kappa shape index (κ3) is 3.81. The summed E-state index contributed by atoms with van der Waals surface area (Å²) in [4.78, 5) is 23.1. The summed E-state index contributed by atoms with van der Waals surface area (Å²) in [5, 5.41) is 0. The number of Topliss-reactive ketones (excluding diaryl/α,β-unsaturated/α-hetero) is 1. The number of ketones is 1.